The van der Waals surface area contributed by atoms with E-state index in [0.29, 0.717) is 5.69 Å². The Bertz CT molecular complexity index is 928. The first-order valence-electron chi connectivity index (χ1n) is 8.80. The molecule has 1 heterocycles. The molecule has 2 nitrogen and oxygen atoms in total. The van der Waals surface area contributed by atoms with E-state index in [1.165, 1.54) is 28.5 Å². The minimum Gasteiger partial charge on any atom is -0.261 e. The normalized spacial score (nSPS) is 11.2. The fourth-order valence-electron chi connectivity index (χ4n) is 3.53. The third kappa shape index (κ3) is 4.34. The van der Waals surface area contributed by atoms with Crippen LogP contribution in [0.1, 0.15) is 47.5 Å². The molecule has 0 saturated carbocycles. The summed E-state index contributed by atoms with van der Waals surface area (Å²) in [7, 11) is 0. The van der Waals surface area contributed by atoms with Gasteiger partial charge in [0.15, 0.2) is 0 Å². The van der Waals surface area contributed by atoms with Crippen molar-refractivity contribution in [3.63, 3.8) is 0 Å². The van der Waals surface area contributed by atoms with Crippen LogP contribution in [0, 0.1) is 26.8 Å². The van der Waals surface area contributed by atoms with Crippen LogP contribution in [0.2, 0.25) is 0 Å². The van der Waals surface area contributed by atoms with E-state index >= 15 is 0 Å². The molecule has 1 aromatic heterocycles. The van der Waals surface area contributed by atoms with Crippen molar-refractivity contribution in [3.05, 3.63) is 82.4 Å². The average molecular weight is 540 g/mol. The number of alkyl halides is 1. The van der Waals surface area contributed by atoms with E-state index in [1.54, 1.807) is 6.20 Å². The quantitative estimate of drug-likeness (QED) is 0.400. The number of rotatable bonds is 4. The van der Waals surface area contributed by atoms with Gasteiger partial charge in [0.2, 0.25) is 0 Å². The summed E-state index contributed by atoms with van der Waals surface area (Å²) in [6.45, 7) is 9.95. The Hall–Kier alpha value is -1.90. The number of benzene rings is 2. The maximum atomic E-state index is 13.0. The van der Waals surface area contributed by atoms with Crippen molar-refractivity contribution in [1.29, 1.82) is 0 Å². The summed E-state index contributed by atoms with van der Waals surface area (Å²) in [5.41, 5.74) is 7.91. The van der Waals surface area contributed by atoms with Crippen LogP contribution in [0.3, 0.4) is 0 Å². The van der Waals surface area contributed by atoms with Gasteiger partial charge in [0.05, 0.1) is 17.6 Å². The van der Waals surface area contributed by atoms with Crippen molar-refractivity contribution in [2.45, 2.75) is 46.7 Å². The fraction of sp³-hybridized carbons (Fsp3) is 0.304. The second-order valence-corrected chi connectivity index (χ2v) is 7.42. The Morgan fingerprint density at radius 3 is 2.33 bits per heavy atom. The van der Waals surface area contributed by atoms with Crippen LogP contribution in [0.4, 0.5) is 4.39 Å². The molecule has 3 aromatic rings. The molecule has 0 saturated heterocycles. The van der Waals surface area contributed by atoms with Gasteiger partial charge in [-0.1, -0.05) is 31.5 Å². The summed E-state index contributed by atoms with van der Waals surface area (Å²) in [4.78, 5) is 8.58. The Morgan fingerprint density at radius 2 is 1.70 bits per heavy atom. The Morgan fingerprint density at radius 1 is 1.04 bits per heavy atom. The van der Waals surface area contributed by atoms with Crippen molar-refractivity contribution >= 4 is 0 Å². The smallest absolute Gasteiger partial charge is 0.133 e. The Labute approximate surface area is 174 Å². The number of aromatic nitrogens is 2. The molecule has 4 heteroatoms. The average Bonchev–Trinajstić information content (AvgIpc) is 2.61. The van der Waals surface area contributed by atoms with Crippen LogP contribution in [0.5, 0.6) is 0 Å². The van der Waals surface area contributed by atoms with Gasteiger partial charge in [-0.25, -0.2) is 4.39 Å². The molecule has 0 atom stereocenters. The molecule has 0 amide bonds. The molecule has 0 aliphatic carbocycles. The molecule has 0 fully saturated rings. The molecule has 27 heavy (non-hydrogen) atoms. The van der Waals surface area contributed by atoms with Crippen LogP contribution in [-0.2, 0) is 32.2 Å². The van der Waals surface area contributed by atoms with E-state index in [1.807, 2.05) is 6.07 Å². The minimum atomic E-state index is -0.609. The van der Waals surface area contributed by atoms with Crippen molar-refractivity contribution in [3.8, 4) is 11.1 Å². The predicted molar refractivity (Wildman–Crippen MR) is 104 cm³/mol. The van der Waals surface area contributed by atoms with Crippen LogP contribution in [-0.4, -0.2) is 9.97 Å². The topological polar surface area (TPSA) is 25.8 Å². The van der Waals surface area contributed by atoms with Gasteiger partial charge in [0.1, 0.15) is 6.67 Å². The van der Waals surface area contributed by atoms with E-state index in [4.69, 9.17) is 0 Å². The van der Waals surface area contributed by atoms with Gasteiger partial charge in [-0.15, -0.1) is 11.1 Å². The molecule has 0 unspecified atom stereocenters. The Balaban J connectivity index is 0.00000261. The molecular weight excluding hydrogens is 515 g/mol. The molecular formula is C23H24FIrN2-. The molecule has 0 aliphatic heterocycles. The minimum absolute atomic E-state index is 0. The van der Waals surface area contributed by atoms with Crippen LogP contribution in [0.25, 0.3) is 11.1 Å². The fourth-order valence-corrected chi connectivity index (χ4v) is 3.53. The molecule has 2 aromatic carbocycles. The monoisotopic (exact) mass is 540 g/mol. The maximum absolute atomic E-state index is 13.0. The first-order chi connectivity index (χ1) is 12.3. The van der Waals surface area contributed by atoms with Crippen molar-refractivity contribution < 1.29 is 24.5 Å². The zero-order valence-corrected chi connectivity index (χ0v) is 18.7. The number of aryl methyl sites for hydroxylation is 3. The summed E-state index contributed by atoms with van der Waals surface area (Å²) in [6.07, 6.45) is 3.18. The number of halogens is 1. The third-order valence-electron chi connectivity index (χ3n) is 4.90. The van der Waals surface area contributed by atoms with Gasteiger partial charge in [-0.05, 0) is 37.5 Å². The summed E-state index contributed by atoms with van der Waals surface area (Å²) in [5, 5.41) is 0. The molecule has 0 bridgehead atoms. The van der Waals surface area contributed by atoms with Crippen molar-refractivity contribution in [1.82, 2.24) is 9.97 Å². The van der Waals surface area contributed by atoms with Crippen molar-refractivity contribution in [2.75, 3.05) is 0 Å². The van der Waals surface area contributed by atoms with E-state index in [9.17, 15) is 4.39 Å². The van der Waals surface area contributed by atoms with Crippen LogP contribution >= 0.6 is 0 Å². The zero-order valence-electron chi connectivity index (χ0n) is 16.4. The SMILES string of the molecule is Cc1cc(C)c(-c2cc[c-]c(C(C)(C)c3cncc(CF)n3)c2)c(C)c1.[Ir]. The number of hydrogen-bond donors (Lipinski definition) is 0. The Kier molecular flexibility index (Phi) is 6.67. The van der Waals surface area contributed by atoms with Gasteiger partial charge >= 0.3 is 0 Å². The molecule has 143 valence electrons. The van der Waals surface area contributed by atoms with Crippen molar-refractivity contribution in [2.24, 2.45) is 0 Å². The third-order valence-corrected chi connectivity index (χ3v) is 4.90. The van der Waals surface area contributed by atoms with Gasteiger partial charge in [0, 0.05) is 31.7 Å². The maximum Gasteiger partial charge on any atom is 0.133 e. The molecule has 0 aliphatic rings. The molecule has 0 spiro atoms. The van der Waals surface area contributed by atoms with Gasteiger partial charge in [-0.2, -0.15) is 24.3 Å². The first-order valence-corrected chi connectivity index (χ1v) is 8.80. The standard InChI is InChI=1S/C23H24FN2.Ir/c1-15-9-16(2)22(17(3)10-15)18-7-6-8-19(11-18)23(4,5)21-14-25-13-20(12-24)26-21;/h6-7,9-11,13-14H,12H2,1-5H3;/q-1;. The summed E-state index contributed by atoms with van der Waals surface area (Å²) in [5.74, 6) is 0. The predicted octanol–water partition coefficient (Wildman–Crippen LogP) is 5.66. The van der Waals surface area contributed by atoms with E-state index in [-0.39, 0.29) is 20.1 Å². The van der Waals surface area contributed by atoms with E-state index < -0.39 is 12.1 Å². The summed E-state index contributed by atoms with van der Waals surface area (Å²) in [6, 6.07) is 14.0. The molecule has 0 N–H and O–H groups in total. The van der Waals surface area contributed by atoms with E-state index in [0.717, 1.165) is 16.8 Å². The van der Waals surface area contributed by atoms with E-state index in [2.05, 4.69) is 74.9 Å². The number of hydrogen-bond acceptors (Lipinski definition) is 2. The second-order valence-electron chi connectivity index (χ2n) is 7.42. The van der Waals surface area contributed by atoms with Gasteiger partial charge in [0.25, 0.3) is 0 Å². The van der Waals surface area contributed by atoms with Crippen LogP contribution in [0.15, 0.2) is 42.7 Å². The van der Waals surface area contributed by atoms with Gasteiger partial charge in [-0.3, -0.25) is 9.97 Å². The first kappa shape index (κ1) is 21.4. The largest absolute Gasteiger partial charge is 0.261 e. The number of nitrogens with zero attached hydrogens (tertiary/aromatic N) is 2. The second kappa shape index (κ2) is 8.41. The summed E-state index contributed by atoms with van der Waals surface area (Å²) >= 11 is 0. The van der Waals surface area contributed by atoms with Gasteiger partial charge < -0.3 is 0 Å². The molecule has 1 radical (unpaired) electrons. The van der Waals surface area contributed by atoms with Crippen LogP contribution < -0.4 is 0 Å². The summed E-state index contributed by atoms with van der Waals surface area (Å²) < 4.78 is 13.0. The molecule has 3 rings (SSSR count). The zero-order chi connectivity index (χ0) is 18.9.